The number of rotatable bonds is 14. The Morgan fingerprint density at radius 2 is 1.41 bits per heavy atom. The van der Waals surface area contributed by atoms with E-state index in [-0.39, 0.29) is 12.6 Å². The van der Waals surface area contributed by atoms with E-state index in [1.54, 1.807) is 0 Å². The first-order valence-electron chi connectivity index (χ1n) is 8.89. The van der Waals surface area contributed by atoms with Gasteiger partial charge in [-0.2, -0.15) is 0 Å². The largest absolute Gasteiger partial charge is 0.756 e. The zero-order chi connectivity index (χ0) is 17.1. The van der Waals surface area contributed by atoms with Crippen molar-refractivity contribution in [2.24, 2.45) is 0 Å². The van der Waals surface area contributed by atoms with Gasteiger partial charge in [0.2, 0.25) is 0 Å². The molecule has 0 aliphatic carbocycles. The van der Waals surface area contributed by atoms with Gasteiger partial charge in [-0.25, -0.2) is 0 Å². The van der Waals surface area contributed by atoms with Gasteiger partial charge < -0.3 is 18.8 Å². The average molecular weight is 337 g/mol. The summed E-state index contributed by atoms with van der Waals surface area (Å²) in [4.78, 5) is 19.9. The van der Waals surface area contributed by atoms with Gasteiger partial charge in [-0.1, -0.05) is 47.0 Å². The van der Waals surface area contributed by atoms with Crippen LogP contribution < -0.4 is 4.89 Å². The third-order valence-corrected chi connectivity index (χ3v) is 5.02. The molecular formula is C16H36NO4P. The predicted molar refractivity (Wildman–Crippen MR) is 89.4 cm³/mol. The highest BCUT2D eigenvalue weighted by Gasteiger charge is 2.35. The first-order valence-corrected chi connectivity index (χ1v) is 10.4. The minimum absolute atomic E-state index is 0.0882. The van der Waals surface area contributed by atoms with Crippen LogP contribution >= 0.6 is 7.82 Å². The minimum Gasteiger partial charge on any atom is -0.756 e. The number of hydrogen-bond donors (Lipinski definition) is 1. The summed E-state index contributed by atoms with van der Waals surface area (Å²) >= 11 is 0. The van der Waals surface area contributed by atoms with Crippen LogP contribution in [0.25, 0.3) is 0 Å². The maximum absolute atomic E-state index is 11.0. The van der Waals surface area contributed by atoms with Crippen LogP contribution in [0, 0.1) is 0 Å². The number of unbranched alkanes of at least 4 members (excludes halogenated alkanes) is 3. The summed E-state index contributed by atoms with van der Waals surface area (Å²) in [7, 11) is -4.64. The molecule has 2 atom stereocenters. The number of nitrogens with zero attached hydrogens (tertiary/aromatic N) is 1. The van der Waals surface area contributed by atoms with E-state index in [1.807, 2.05) is 0 Å². The maximum atomic E-state index is 11.0. The molecule has 1 N–H and O–H groups in total. The van der Waals surface area contributed by atoms with Crippen LogP contribution in [-0.4, -0.2) is 41.7 Å². The van der Waals surface area contributed by atoms with Crippen LogP contribution in [0.15, 0.2) is 0 Å². The molecule has 0 radical (unpaired) electrons. The molecule has 0 aliphatic heterocycles. The second kappa shape index (κ2) is 11.6. The highest BCUT2D eigenvalue weighted by Crippen LogP contribution is 2.32. The van der Waals surface area contributed by atoms with E-state index in [0.29, 0.717) is 0 Å². The average Bonchev–Trinajstić information content (AvgIpc) is 2.47. The molecular weight excluding hydrogens is 301 g/mol. The van der Waals surface area contributed by atoms with E-state index in [2.05, 4.69) is 27.7 Å². The van der Waals surface area contributed by atoms with E-state index in [0.717, 1.165) is 69.1 Å². The van der Waals surface area contributed by atoms with Gasteiger partial charge in [-0.05, 0) is 25.7 Å². The topological polar surface area (TPSA) is 69.6 Å². The van der Waals surface area contributed by atoms with Crippen LogP contribution in [0.5, 0.6) is 0 Å². The minimum atomic E-state index is -4.64. The molecule has 6 heteroatoms. The molecule has 0 aromatic heterocycles. The number of hydrogen-bond acceptors (Lipinski definition) is 3. The fraction of sp³-hybridized carbons (Fsp3) is 1.00. The van der Waals surface area contributed by atoms with E-state index < -0.39 is 7.82 Å². The number of phosphoric acid groups is 1. The van der Waals surface area contributed by atoms with Crippen molar-refractivity contribution in [2.45, 2.75) is 78.7 Å². The summed E-state index contributed by atoms with van der Waals surface area (Å²) in [6, 6.07) is 0.124. The van der Waals surface area contributed by atoms with Gasteiger partial charge in [0, 0.05) is 0 Å². The van der Waals surface area contributed by atoms with Gasteiger partial charge >= 0.3 is 0 Å². The normalized spacial score (nSPS) is 16.5. The molecule has 0 heterocycles. The molecule has 0 fully saturated rings. The lowest BCUT2D eigenvalue weighted by Gasteiger charge is -2.45. The third-order valence-electron chi connectivity index (χ3n) is 4.55. The fourth-order valence-corrected chi connectivity index (χ4v) is 3.51. The number of quaternary nitrogens is 1. The van der Waals surface area contributed by atoms with Crippen LogP contribution in [0.4, 0.5) is 0 Å². The Balaban J connectivity index is 5.16. The molecule has 0 amide bonds. The third kappa shape index (κ3) is 8.64. The second-order valence-electron chi connectivity index (χ2n) is 6.28. The summed E-state index contributed by atoms with van der Waals surface area (Å²) in [5, 5.41) is 0. The Morgan fingerprint density at radius 1 is 1.00 bits per heavy atom. The van der Waals surface area contributed by atoms with Crippen LogP contribution in [0.2, 0.25) is 0 Å². The summed E-state index contributed by atoms with van der Waals surface area (Å²) in [6.07, 6.45) is 7.67. The maximum Gasteiger partial charge on any atom is 0.265 e. The smallest absolute Gasteiger partial charge is 0.265 e. The summed E-state index contributed by atoms with van der Waals surface area (Å²) in [5.41, 5.74) is 0. The molecule has 0 aromatic rings. The van der Waals surface area contributed by atoms with Crippen molar-refractivity contribution < 1.29 is 23.4 Å². The van der Waals surface area contributed by atoms with Gasteiger partial charge in [0.05, 0.1) is 19.6 Å². The van der Waals surface area contributed by atoms with E-state index in [4.69, 9.17) is 9.42 Å². The Morgan fingerprint density at radius 3 is 1.68 bits per heavy atom. The fourth-order valence-electron chi connectivity index (χ4n) is 3.15. The SMILES string of the molecule is CCCC[N+](CCCC)(CCCC)C(CC)COP(=O)([O-])O. The molecule has 5 nitrogen and oxygen atoms in total. The van der Waals surface area contributed by atoms with Crippen molar-refractivity contribution in [3.63, 3.8) is 0 Å². The van der Waals surface area contributed by atoms with Crippen molar-refractivity contribution in [3.05, 3.63) is 0 Å². The lowest BCUT2D eigenvalue weighted by atomic mass is 10.1. The molecule has 0 saturated heterocycles. The highest BCUT2D eigenvalue weighted by atomic mass is 31.2. The van der Waals surface area contributed by atoms with Crippen molar-refractivity contribution >= 4 is 7.82 Å². The zero-order valence-corrected chi connectivity index (χ0v) is 15.8. The predicted octanol–water partition coefficient (Wildman–Crippen LogP) is 3.46. The first-order chi connectivity index (χ1) is 10.3. The van der Waals surface area contributed by atoms with Crippen molar-refractivity contribution in [2.75, 3.05) is 26.2 Å². The van der Waals surface area contributed by atoms with Gasteiger partial charge in [0.25, 0.3) is 7.82 Å². The van der Waals surface area contributed by atoms with Gasteiger partial charge in [-0.3, -0.25) is 4.57 Å². The molecule has 0 aliphatic rings. The van der Waals surface area contributed by atoms with Crippen LogP contribution in [-0.2, 0) is 9.09 Å². The molecule has 134 valence electrons. The van der Waals surface area contributed by atoms with Crippen molar-refractivity contribution in [1.82, 2.24) is 0 Å². The van der Waals surface area contributed by atoms with Gasteiger partial charge in [-0.15, -0.1) is 0 Å². The second-order valence-corrected chi connectivity index (χ2v) is 7.47. The summed E-state index contributed by atoms with van der Waals surface area (Å²) < 4.78 is 16.7. The summed E-state index contributed by atoms with van der Waals surface area (Å²) in [6.45, 7) is 11.9. The molecule has 0 rings (SSSR count). The number of phosphoric ester groups is 1. The Kier molecular flexibility index (Phi) is 11.6. The molecule has 0 aromatic carbocycles. The van der Waals surface area contributed by atoms with Gasteiger partial charge in [0.1, 0.15) is 12.6 Å². The first kappa shape index (κ1) is 22.1. The summed E-state index contributed by atoms with van der Waals surface area (Å²) in [5.74, 6) is 0. The Labute approximate surface area is 136 Å². The van der Waals surface area contributed by atoms with Crippen molar-refractivity contribution in [3.8, 4) is 0 Å². The molecule has 0 spiro atoms. The van der Waals surface area contributed by atoms with E-state index in [9.17, 15) is 9.46 Å². The standard InChI is InChI=1S/C16H36NO4P/c1-5-9-12-17(13-10-6-2,14-11-7-3)16(8-4)15-21-22(18,19)20/h16H,5-15H2,1-4H3,(H-,18,19,20). The Hall–Kier alpha value is 0.0700. The van der Waals surface area contributed by atoms with Crippen LogP contribution in [0.3, 0.4) is 0 Å². The lowest BCUT2D eigenvalue weighted by Crippen LogP contribution is -2.58. The lowest BCUT2D eigenvalue weighted by molar-refractivity contribution is -0.952. The Bertz CT molecular complexity index is 297. The van der Waals surface area contributed by atoms with Crippen molar-refractivity contribution in [1.29, 1.82) is 0 Å². The van der Waals surface area contributed by atoms with E-state index in [1.165, 1.54) is 0 Å². The van der Waals surface area contributed by atoms with Crippen LogP contribution in [0.1, 0.15) is 72.6 Å². The zero-order valence-electron chi connectivity index (χ0n) is 14.9. The molecule has 0 bridgehead atoms. The molecule has 2 unspecified atom stereocenters. The monoisotopic (exact) mass is 337 g/mol. The quantitative estimate of drug-likeness (QED) is 0.389. The van der Waals surface area contributed by atoms with E-state index >= 15 is 0 Å². The molecule has 0 saturated carbocycles. The highest BCUT2D eigenvalue weighted by molar-refractivity contribution is 7.44. The molecule has 22 heavy (non-hydrogen) atoms. The van der Waals surface area contributed by atoms with Gasteiger partial charge in [0.15, 0.2) is 0 Å².